The van der Waals surface area contributed by atoms with E-state index in [-0.39, 0.29) is 28.4 Å². The van der Waals surface area contributed by atoms with E-state index in [2.05, 4.69) is 15.3 Å². The number of carbonyl (C=O) groups is 1. The maximum absolute atomic E-state index is 13.0. The first-order valence-electron chi connectivity index (χ1n) is 13.1. The largest absolute Gasteiger partial charge is 0.416 e. The lowest BCUT2D eigenvalue weighted by Gasteiger charge is -2.31. The molecular formula is C27H26F3N7O3S. The standard InChI is InChI=1S/C27H26F3N7O3S/c28-27(29,30)19-9-10-32-21(14-19)34-26(38)17-5-3-16(4-6-17)22-23-24(31)33-11-13-37(23)25(35-22)18-2-1-12-36(15-18)41(39,40)20-7-8-20/h3-6,9-11,13-14,18,20H,1-2,7-8,12,15H2,(H2,31,33)(H,32,34,38). The number of fused-ring (bicyclic) bond motifs is 1. The van der Waals surface area contributed by atoms with E-state index in [0.717, 1.165) is 24.8 Å². The molecule has 10 nitrogen and oxygen atoms in total. The molecule has 1 saturated heterocycles. The molecule has 2 fully saturated rings. The lowest BCUT2D eigenvalue weighted by atomic mass is 9.99. The van der Waals surface area contributed by atoms with Crippen LogP contribution in [0.25, 0.3) is 16.8 Å². The Labute approximate surface area is 233 Å². The Morgan fingerprint density at radius 2 is 1.80 bits per heavy atom. The van der Waals surface area contributed by atoms with Crippen LogP contribution in [-0.4, -0.2) is 56.3 Å². The average Bonchev–Trinajstić information content (AvgIpc) is 3.74. The fraction of sp³-hybridized carbons (Fsp3) is 0.333. The van der Waals surface area contributed by atoms with Crippen molar-refractivity contribution in [2.45, 2.75) is 43.0 Å². The van der Waals surface area contributed by atoms with Crippen molar-refractivity contribution in [3.05, 3.63) is 71.9 Å². The topological polar surface area (TPSA) is 136 Å². The molecule has 0 spiro atoms. The molecule has 1 amide bonds. The van der Waals surface area contributed by atoms with Gasteiger partial charge in [0.25, 0.3) is 5.91 Å². The molecule has 4 heterocycles. The minimum atomic E-state index is -4.56. The maximum Gasteiger partial charge on any atom is 0.416 e. The van der Waals surface area contributed by atoms with Gasteiger partial charge in [0, 0.05) is 48.7 Å². The average molecular weight is 586 g/mol. The fourth-order valence-electron chi connectivity index (χ4n) is 5.18. The highest BCUT2D eigenvalue weighted by Gasteiger charge is 2.42. The van der Waals surface area contributed by atoms with Gasteiger partial charge >= 0.3 is 6.18 Å². The van der Waals surface area contributed by atoms with Crippen molar-refractivity contribution in [3.63, 3.8) is 0 Å². The van der Waals surface area contributed by atoms with Crippen LogP contribution >= 0.6 is 0 Å². The number of halogens is 3. The molecule has 6 rings (SSSR count). The van der Waals surface area contributed by atoms with Gasteiger partial charge in [-0.1, -0.05) is 12.1 Å². The first-order chi connectivity index (χ1) is 19.5. The quantitative estimate of drug-likeness (QED) is 0.344. The lowest BCUT2D eigenvalue weighted by molar-refractivity contribution is -0.137. The van der Waals surface area contributed by atoms with E-state index in [1.165, 1.54) is 12.1 Å². The number of sulfonamides is 1. The van der Waals surface area contributed by atoms with E-state index in [1.807, 2.05) is 4.40 Å². The van der Waals surface area contributed by atoms with Crippen molar-refractivity contribution < 1.29 is 26.4 Å². The molecule has 0 radical (unpaired) electrons. The highest BCUT2D eigenvalue weighted by atomic mass is 32.2. The van der Waals surface area contributed by atoms with Crippen LogP contribution < -0.4 is 11.1 Å². The Morgan fingerprint density at radius 1 is 1.05 bits per heavy atom. The molecule has 1 saturated carbocycles. The smallest absolute Gasteiger partial charge is 0.382 e. The van der Waals surface area contributed by atoms with Crippen LogP contribution in [0.2, 0.25) is 0 Å². The highest BCUT2D eigenvalue weighted by molar-refractivity contribution is 7.90. The van der Waals surface area contributed by atoms with Crippen LogP contribution in [0.4, 0.5) is 24.8 Å². The highest BCUT2D eigenvalue weighted by Crippen LogP contribution is 2.37. The number of rotatable bonds is 6. The predicted molar refractivity (Wildman–Crippen MR) is 146 cm³/mol. The number of imidazole rings is 1. The van der Waals surface area contributed by atoms with Crippen LogP contribution in [0.3, 0.4) is 0 Å². The molecule has 41 heavy (non-hydrogen) atoms. The number of anilines is 2. The minimum Gasteiger partial charge on any atom is -0.382 e. The number of pyridine rings is 1. The van der Waals surface area contributed by atoms with Gasteiger partial charge in [-0.25, -0.2) is 27.7 Å². The number of benzene rings is 1. The summed E-state index contributed by atoms with van der Waals surface area (Å²) in [5.41, 5.74) is 7.28. The SMILES string of the molecule is Nc1nccn2c(C3CCCN(S(=O)(=O)C4CC4)C3)nc(-c3ccc(C(=O)Nc4cc(C(F)(F)F)ccn4)cc3)c12. The van der Waals surface area contributed by atoms with Gasteiger partial charge in [-0.3, -0.25) is 9.20 Å². The van der Waals surface area contributed by atoms with Gasteiger partial charge in [-0.2, -0.15) is 13.2 Å². The Kier molecular flexibility index (Phi) is 6.69. The summed E-state index contributed by atoms with van der Waals surface area (Å²) in [6, 6.07) is 7.98. The monoisotopic (exact) mass is 585 g/mol. The summed E-state index contributed by atoms with van der Waals surface area (Å²) in [6.45, 7) is 0.830. The maximum atomic E-state index is 13.0. The van der Waals surface area contributed by atoms with Crippen molar-refractivity contribution >= 4 is 33.1 Å². The lowest BCUT2D eigenvalue weighted by Crippen LogP contribution is -2.41. The number of nitrogens with one attached hydrogen (secondary N) is 1. The van der Waals surface area contributed by atoms with Gasteiger partial charge < -0.3 is 11.1 Å². The first-order valence-corrected chi connectivity index (χ1v) is 14.6. The molecule has 1 aliphatic heterocycles. The zero-order chi connectivity index (χ0) is 28.9. The van der Waals surface area contributed by atoms with E-state index in [4.69, 9.17) is 10.7 Å². The van der Waals surface area contributed by atoms with Gasteiger partial charge in [-0.15, -0.1) is 0 Å². The number of alkyl halides is 3. The van der Waals surface area contributed by atoms with Crippen LogP contribution in [0.5, 0.6) is 0 Å². The Balaban J connectivity index is 1.28. The number of nitrogen functional groups attached to an aromatic ring is 1. The van der Waals surface area contributed by atoms with E-state index >= 15 is 0 Å². The number of nitrogens with two attached hydrogens (primary N) is 1. The third-order valence-corrected chi connectivity index (χ3v) is 9.78. The zero-order valence-electron chi connectivity index (χ0n) is 21.7. The number of amides is 1. The number of carbonyl (C=O) groups excluding carboxylic acids is 1. The zero-order valence-corrected chi connectivity index (χ0v) is 22.5. The third kappa shape index (κ3) is 5.24. The molecule has 3 N–H and O–H groups in total. The first kappa shape index (κ1) is 27.1. The van der Waals surface area contributed by atoms with Crippen molar-refractivity contribution in [2.24, 2.45) is 0 Å². The molecule has 1 unspecified atom stereocenters. The van der Waals surface area contributed by atoms with E-state index in [0.29, 0.717) is 55.0 Å². The summed E-state index contributed by atoms with van der Waals surface area (Å²) in [5.74, 6) is -0.0682. The molecule has 14 heteroatoms. The van der Waals surface area contributed by atoms with Crippen LogP contribution in [0, 0.1) is 0 Å². The summed E-state index contributed by atoms with van der Waals surface area (Å²) in [4.78, 5) is 25.6. The van der Waals surface area contributed by atoms with Gasteiger partial charge in [0.2, 0.25) is 10.0 Å². The Morgan fingerprint density at radius 3 is 2.51 bits per heavy atom. The van der Waals surface area contributed by atoms with E-state index in [1.54, 1.807) is 28.8 Å². The third-order valence-electron chi connectivity index (χ3n) is 7.41. The molecule has 1 atom stereocenters. The summed E-state index contributed by atoms with van der Waals surface area (Å²) < 4.78 is 68.3. The van der Waals surface area contributed by atoms with Crippen molar-refractivity contribution in [1.82, 2.24) is 23.7 Å². The molecule has 0 bridgehead atoms. The van der Waals surface area contributed by atoms with Crippen LogP contribution in [-0.2, 0) is 16.2 Å². The number of aromatic nitrogens is 4. The fourth-order valence-corrected chi connectivity index (χ4v) is 7.11. The number of hydrogen-bond donors (Lipinski definition) is 2. The van der Waals surface area contributed by atoms with Crippen molar-refractivity contribution in [3.8, 4) is 11.3 Å². The number of piperidine rings is 1. The summed E-state index contributed by atoms with van der Waals surface area (Å²) >= 11 is 0. The van der Waals surface area contributed by atoms with Gasteiger partial charge in [0.05, 0.1) is 10.8 Å². The summed E-state index contributed by atoms with van der Waals surface area (Å²) in [5, 5.41) is 2.11. The molecule has 2 aliphatic rings. The van der Waals surface area contributed by atoms with Gasteiger partial charge in [-0.05, 0) is 49.9 Å². The number of nitrogens with zero attached hydrogens (tertiary/aromatic N) is 5. The summed E-state index contributed by atoms with van der Waals surface area (Å²) in [6.07, 6.45) is 2.61. The Hall–Kier alpha value is -4.04. The second-order valence-electron chi connectivity index (χ2n) is 10.3. The Bertz CT molecular complexity index is 1740. The predicted octanol–water partition coefficient (Wildman–Crippen LogP) is 4.32. The molecule has 3 aromatic heterocycles. The molecule has 4 aromatic rings. The second kappa shape index (κ2) is 10.1. The van der Waals surface area contributed by atoms with Crippen LogP contribution in [0.1, 0.15) is 53.3 Å². The van der Waals surface area contributed by atoms with Crippen molar-refractivity contribution in [1.29, 1.82) is 0 Å². The number of hydrogen-bond acceptors (Lipinski definition) is 7. The second-order valence-corrected chi connectivity index (χ2v) is 12.5. The molecular weight excluding hydrogens is 559 g/mol. The van der Waals surface area contributed by atoms with Gasteiger partial charge in [0.1, 0.15) is 28.7 Å². The molecule has 1 aliphatic carbocycles. The van der Waals surface area contributed by atoms with E-state index in [9.17, 15) is 26.4 Å². The normalized spacial score (nSPS) is 18.5. The van der Waals surface area contributed by atoms with Crippen LogP contribution in [0.15, 0.2) is 55.0 Å². The van der Waals surface area contributed by atoms with Crippen molar-refractivity contribution in [2.75, 3.05) is 24.1 Å². The van der Waals surface area contributed by atoms with E-state index < -0.39 is 27.7 Å². The van der Waals surface area contributed by atoms with Gasteiger partial charge in [0.15, 0.2) is 0 Å². The molecule has 1 aromatic carbocycles. The minimum absolute atomic E-state index is 0.148. The molecule has 214 valence electrons. The summed E-state index contributed by atoms with van der Waals surface area (Å²) in [7, 11) is -3.32.